The molecule has 1 aromatic heterocycles. The number of rotatable bonds is 4. The minimum Gasteiger partial charge on any atom is -0.397 e. The van der Waals surface area contributed by atoms with E-state index in [1.165, 1.54) is 6.07 Å². The number of nitrogens with two attached hydrogens (primary N) is 1. The van der Waals surface area contributed by atoms with Gasteiger partial charge in [-0.1, -0.05) is 41.9 Å². The van der Waals surface area contributed by atoms with Crippen LogP contribution in [0.5, 0.6) is 0 Å². The number of nitrogen functional groups attached to an aromatic ring is 1. The standard InChI is InChI=1S/C19H15ClFN3/c20-15-7-5-13(6-8-15)9-19-18(23)10-16(11-22)24(19)12-14-3-1-2-4-17(14)21/h1-8,10H,9,12,23H2. The second-order valence-electron chi connectivity index (χ2n) is 5.52. The van der Waals surface area contributed by atoms with Crippen molar-refractivity contribution in [3.8, 4) is 6.07 Å². The molecular weight excluding hydrogens is 325 g/mol. The van der Waals surface area contributed by atoms with Crippen LogP contribution < -0.4 is 5.73 Å². The van der Waals surface area contributed by atoms with E-state index in [0.717, 1.165) is 11.3 Å². The molecule has 0 aliphatic rings. The normalized spacial score (nSPS) is 10.5. The van der Waals surface area contributed by atoms with Crippen LogP contribution in [0.2, 0.25) is 5.02 Å². The Balaban J connectivity index is 2.00. The Hall–Kier alpha value is -2.77. The highest BCUT2D eigenvalue weighted by Crippen LogP contribution is 2.24. The largest absolute Gasteiger partial charge is 0.397 e. The first kappa shape index (κ1) is 16.1. The summed E-state index contributed by atoms with van der Waals surface area (Å²) < 4.78 is 15.7. The van der Waals surface area contributed by atoms with Gasteiger partial charge in [0.2, 0.25) is 0 Å². The number of hydrogen-bond donors (Lipinski definition) is 1. The molecule has 2 N–H and O–H groups in total. The molecule has 0 radical (unpaired) electrons. The van der Waals surface area contributed by atoms with E-state index in [1.54, 1.807) is 28.8 Å². The van der Waals surface area contributed by atoms with Crippen molar-refractivity contribution in [1.82, 2.24) is 4.57 Å². The van der Waals surface area contributed by atoms with Crippen LogP contribution in [0.1, 0.15) is 22.5 Å². The molecule has 0 spiro atoms. The van der Waals surface area contributed by atoms with Crippen molar-refractivity contribution in [3.63, 3.8) is 0 Å². The Morgan fingerprint density at radius 3 is 2.50 bits per heavy atom. The molecule has 0 aliphatic heterocycles. The molecule has 1 heterocycles. The summed E-state index contributed by atoms with van der Waals surface area (Å²) in [4.78, 5) is 0. The zero-order valence-electron chi connectivity index (χ0n) is 12.8. The Morgan fingerprint density at radius 2 is 1.83 bits per heavy atom. The molecule has 0 amide bonds. The minimum atomic E-state index is -0.300. The topological polar surface area (TPSA) is 54.7 Å². The number of benzene rings is 2. The van der Waals surface area contributed by atoms with E-state index in [1.807, 2.05) is 24.3 Å². The van der Waals surface area contributed by atoms with Gasteiger partial charge in [-0.25, -0.2) is 4.39 Å². The van der Waals surface area contributed by atoms with Crippen molar-refractivity contribution in [2.75, 3.05) is 5.73 Å². The summed E-state index contributed by atoms with van der Waals surface area (Å²) in [5.74, 6) is -0.300. The van der Waals surface area contributed by atoms with Gasteiger partial charge < -0.3 is 10.3 Å². The first-order valence-electron chi connectivity index (χ1n) is 7.44. The Kier molecular flexibility index (Phi) is 4.54. The third-order valence-electron chi connectivity index (χ3n) is 3.93. The van der Waals surface area contributed by atoms with Gasteiger partial charge in [0.1, 0.15) is 17.6 Å². The first-order chi connectivity index (χ1) is 11.6. The Bertz CT molecular complexity index is 907. The van der Waals surface area contributed by atoms with E-state index in [9.17, 15) is 9.65 Å². The molecule has 120 valence electrons. The van der Waals surface area contributed by atoms with Crippen LogP contribution in [0, 0.1) is 17.1 Å². The molecule has 0 bridgehead atoms. The highest BCUT2D eigenvalue weighted by molar-refractivity contribution is 6.30. The van der Waals surface area contributed by atoms with Crippen LogP contribution >= 0.6 is 11.6 Å². The fourth-order valence-electron chi connectivity index (χ4n) is 2.67. The van der Waals surface area contributed by atoms with Gasteiger partial charge in [0.25, 0.3) is 0 Å². The van der Waals surface area contributed by atoms with Crippen LogP contribution in [0.25, 0.3) is 0 Å². The predicted octanol–water partition coefficient (Wildman–Crippen LogP) is 4.37. The maximum Gasteiger partial charge on any atom is 0.128 e. The van der Waals surface area contributed by atoms with Crippen molar-refractivity contribution in [2.24, 2.45) is 0 Å². The van der Waals surface area contributed by atoms with E-state index < -0.39 is 0 Å². The van der Waals surface area contributed by atoms with Crippen molar-refractivity contribution in [2.45, 2.75) is 13.0 Å². The lowest BCUT2D eigenvalue weighted by Crippen LogP contribution is -2.09. The molecule has 24 heavy (non-hydrogen) atoms. The molecule has 0 fully saturated rings. The summed E-state index contributed by atoms with van der Waals surface area (Å²) in [7, 11) is 0. The van der Waals surface area contributed by atoms with Gasteiger partial charge in [-0.05, 0) is 29.8 Å². The molecule has 3 rings (SSSR count). The molecule has 0 saturated heterocycles. The molecule has 0 atom stereocenters. The average molecular weight is 340 g/mol. The summed E-state index contributed by atoms with van der Waals surface area (Å²) >= 11 is 5.91. The van der Waals surface area contributed by atoms with Crippen LogP contribution in [0.3, 0.4) is 0 Å². The highest BCUT2D eigenvalue weighted by Gasteiger charge is 2.15. The zero-order valence-corrected chi connectivity index (χ0v) is 13.6. The molecule has 0 unspecified atom stereocenters. The lowest BCUT2D eigenvalue weighted by molar-refractivity contribution is 0.596. The van der Waals surface area contributed by atoms with Crippen LogP contribution in [0.15, 0.2) is 54.6 Å². The molecule has 2 aromatic carbocycles. The van der Waals surface area contributed by atoms with Crippen molar-refractivity contribution >= 4 is 17.3 Å². The number of aromatic nitrogens is 1. The van der Waals surface area contributed by atoms with Gasteiger partial charge in [-0.3, -0.25) is 0 Å². The highest BCUT2D eigenvalue weighted by atomic mass is 35.5. The van der Waals surface area contributed by atoms with E-state index in [4.69, 9.17) is 17.3 Å². The summed E-state index contributed by atoms with van der Waals surface area (Å²) in [6.45, 7) is 0.260. The maximum absolute atomic E-state index is 14.0. The fraction of sp³-hybridized carbons (Fsp3) is 0.105. The van der Waals surface area contributed by atoms with E-state index in [-0.39, 0.29) is 12.4 Å². The lowest BCUT2D eigenvalue weighted by atomic mass is 10.1. The van der Waals surface area contributed by atoms with Crippen molar-refractivity contribution < 1.29 is 4.39 Å². The second-order valence-corrected chi connectivity index (χ2v) is 5.96. The van der Waals surface area contributed by atoms with Crippen molar-refractivity contribution in [1.29, 1.82) is 5.26 Å². The van der Waals surface area contributed by atoms with Crippen LogP contribution in [0.4, 0.5) is 10.1 Å². The van der Waals surface area contributed by atoms with E-state index in [2.05, 4.69) is 6.07 Å². The monoisotopic (exact) mass is 339 g/mol. The number of nitriles is 1. The van der Waals surface area contributed by atoms with Crippen LogP contribution in [-0.2, 0) is 13.0 Å². The van der Waals surface area contributed by atoms with Crippen molar-refractivity contribution in [3.05, 3.63) is 88.0 Å². The van der Waals surface area contributed by atoms with Crippen LogP contribution in [-0.4, -0.2) is 4.57 Å². The minimum absolute atomic E-state index is 0.260. The Labute approximate surface area is 144 Å². The third-order valence-corrected chi connectivity index (χ3v) is 4.18. The summed E-state index contributed by atoms with van der Waals surface area (Å²) in [6, 6.07) is 17.7. The molecule has 3 aromatic rings. The summed E-state index contributed by atoms with van der Waals surface area (Å²) in [5.41, 5.74) is 9.36. The zero-order chi connectivity index (χ0) is 17.1. The van der Waals surface area contributed by atoms with E-state index >= 15 is 0 Å². The number of nitrogens with zero attached hydrogens (tertiary/aromatic N) is 2. The number of halogens is 2. The second kappa shape index (κ2) is 6.77. The maximum atomic E-state index is 14.0. The predicted molar refractivity (Wildman–Crippen MR) is 93.3 cm³/mol. The molecular formula is C19H15ClFN3. The fourth-order valence-corrected chi connectivity index (χ4v) is 2.80. The third kappa shape index (κ3) is 3.27. The smallest absolute Gasteiger partial charge is 0.128 e. The SMILES string of the molecule is N#Cc1cc(N)c(Cc2ccc(Cl)cc2)n1Cc1ccccc1F. The molecule has 0 saturated carbocycles. The Morgan fingerprint density at radius 1 is 1.12 bits per heavy atom. The molecule has 3 nitrogen and oxygen atoms in total. The van der Waals surface area contributed by atoms with Gasteiger partial charge >= 0.3 is 0 Å². The van der Waals surface area contributed by atoms with Gasteiger partial charge in [0, 0.05) is 22.7 Å². The average Bonchev–Trinajstić information content (AvgIpc) is 2.87. The quantitative estimate of drug-likeness (QED) is 0.767. The summed E-state index contributed by atoms with van der Waals surface area (Å²) in [5, 5.41) is 10.0. The number of anilines is 1. The number of hydrogen-bond acceptors (Lipinski definition) is 2. The lowest BCUT2D eigenvalue weighted by Gasteiger charge is -2.12. The van der Waals surface area contributed by atoms with Gasteiger partial charge in [0.05, 0.1) is 12.2 Å². The van der Waals surface area contributed by atoms with E-state index in [0.29, 0.717) is 28.4 Å². The van der Waals surface area contributed by atoms with Gasteiger partial charge in [-0.15, -0.1) is 0 Å². The van der Waals surface area contributed by atoms with Gasteiger partial charge in [0.15, 0.2) is 0 Å². The molecule has 0 aliphatic carbocycles. The van der Waals surface area contributed by atoms with Gasteiger partial charge in [-0.2, -0.15) is 5.26 Å². The molecule has 5 heteroatoms. The summed E-state index contributed by atoms with van der Waals surface area (Å²) in [6.07, 6.45) is 0.541. The first-order valence-corrected chi connectivity index (χ1v) is 7.82.